The first-order chi connectivity index (χ1) is 7.72. The smallest absolute Gasteiger partial charge is 0.335 e. The number of carbonyl (C=O) groups is 1. The number of hydrogen-bond donors (Lipinski definition) is 2. The van der Waals surface area contributed by atoms with Crippen LogP contribution < -0.4 is 10.1 Å². The fourth-order valence-electron chi connectivity index (χ4n) is 2.09. The zero-order valence-electron chi connectivity index (χ0n) is 9.19. The van der Waals surface area contributed by atoms with Crippen molar-refractivity contribution >= 4 is 5.97 Å². The predicted octanol–water partition coefficient (Wildman–Crippen LogP) is 1.82. The summed E-state index contributed by atoms with van der Waals surface area (Å²) in [6, 6.07) is 5.21. The predicted molar refractivity (Wildman–Crippen MR) is 59.9 cm³/mol. The summed E-state index contributed by atoms with van der Waals surface area (Å²) < 4.78 is 5.26. The van der Waals surface area contributed by atoms with Crippen molar-refractivity contribution in [2.75, 3.05) is 13.7 Å². The van der Waals surface area contributed by atoms with E-state index in [0.29, 0.717) is 5.56 Å². The maximum absolute atomic E-state index is 10.9. The van der Waals surface area contributed by atoms with Gasteiger partial charge in [-0.15, -0.1) is 0 Å². The number of carboxylic acid groups (broad SMARTS) is 1. The highest BCUT2D eigenvalue weighted by Crippen LogP contribution is 2.31. The molecule has 0 spiro atoms. The van der Waals surface area contributed by atoms with Crippen LogP contribution in [0.5, 0.6) is 5.75 Å². The fourth-order valence-corrected chi connectivity index (χ4v) is 2.09. The van der Waals surface area contributed by atoms with Gasteiger partial charge in [-0.2, -0.15) is 0 Å². The molecular formula is C12H15NO3. The molecule has 16 heavy (non-hydrogen) atoms. The Hall–Kier alpha value is -1.55. The van der Waals surface area contributed by atoms with Crippen molar-refractivity contribution in [2.24, 2.45) is 0 Å². The molecule has 0 amide bonds. The van der Waals surface area contributed by atoms with Gasteiger partial charge in [0.2, 0.25) is 0 Å². The van der Waals surface area contributed by atoms with Crippen molar-refractivity contribution in [2.45, 2.75) is 18.9 Å². The Bertz CT molecular complexity index is 397. The lowest BCUT2D eigenvalue weighted by atomic mass is 10.0. The highest BCUT2D eigenvalue weighted by Gasteiger charge is 2.21. The number of methoxy groups -OCH3 is 1. The average molecular weight is 221 g/mol. The van der Waals surface area contributed by atoms with Crippen molar-refractivity contribution < 1.29 is 14.6 Å². The van der Waals surface area contributed by atoms with Crippen LogP contribution >= 0.6 is 0 Å². The third kappa shape index (κ3) is 2.02. The summed E-state index contributed by atoms with van der Waals surface area (Å²) in [6.45, 7) is 0.977. The first-order valence-corrected chi connectivity index (χ1v) is 5.37. The molecule has 0 bridgehead atoms. The molecule has 1 atom stereocenters. The standard InChI is InChI=1S/C12H15NO3/c1-16-11-5-4-8(12(14)15)7-9(11)10-3-2-6-13-10/h4-5,7,10,13H,2-3,6H2,1H3,(H,14,15)/t10-/m1/s1. The van der Waals surface area contributed by atoms with Gasteiger partial charge in [0.1, 0.15) is 5.75 Å². The third-order valence-electron chi connectivity index (χ3n) is 2.91. The van der Waals surface area contributed by atoms with Gasteiger partial charge in [0.05, 0.1) is 12.7 Å². The highest BCUT2D eigenvalue weighted by molar-refractivity contribution is 5.88. The van der Waals surface area contributed by atoms with Gasteiger partial charge in [-0.05, 0) is 37.6 Å². The number of benzene rings is 1. The van der Waals surface area contributed by atoms with Crippen LogP contribution in [0.3, 0.4) is 0 Å². The molecule has 0 unspecified atom stereocenters. The second-order valence-corrected chi connectivity index (χ2v) is 3.91. The van der Waals surface area contributed by atoms with Crippen LogP contribution in [-0.2, 0) is 0 Å². The first kappa shape index (κ1) is 11.0. The molecule has 1 saturated heterocycles. The number of ether oxygens (including phenoxy) is 1. The van der Waals surface area contributed by atoms with Crippen molar-refractivity contribution in [1.29, 1.82) is 0 Å². The maximum Gasteiger partial charge on any atom is 0.335 e. The number of aromatic carboxylic acids is 1. The van der Waals surface area contributed by atoms with E-state index in [2.05, 4.69) is 5.32 Å². The normalized spacial score (nSPS) is 19.7. The number of hydrogen-bond acceptors (Lipinski definition) is 3. The zero-order valence-corrected chi connectivity index (χ0v) is 9.19. The molecule has 1 aliphatic rings. The van der Waals surface area contributed by atoms with E-state index < -0.39 is 5.97 Å². The van der Waals surface area contributed by atoms with Gasteiger partial charge in [0, 0.05) is 11.6 Å². The van der Waals surface area contributed by atoms with Crippen LogP contribution in [0, 0.1) is 0 Å². The molecule has 4 heteroatoms. The Kier molecular flexibility index (Phi) is 3.10. The third-order valence-corrected chi connectivity index (χ3v) is 2.91. The Morgan fingerprint density at radius 1 is 1.56 bits per heavy atom. The molecule has 1 aromatic carbocycles. The quantitative estimate of drug-likeness (QED) is 0.817. The molecule has 1 fully saturated rings. The van der Waals surface area contributed by atoms with Crippen LogP contribution in [0.2, 0.25) is 0 Å². The van der Waals surface area contributed by atoms with Crippen LogP contribution in [-0.4, -0.2) is 24.7 Å². The Morgan fingerprint density at radius 3 is 2.94 bits per heavy atom. The van der Waals surface area contributed by atoms with Gasteiger partial charge in [-0.3, -0.25) is 0 Å². The van der Waals surface area contributed by atoms with E-state index in [4.69, 9.17) is 9.84 Å². The Morgan fingerprint density at radius 2 is 2.38 bits per heavy atom. The van der Waals surface area contributed by atoms with E-state index in [0.717, 1.165) is 30.7 Å². The molecule has 0 saturated carbocycles. The van der Waals surface area contributed by atoms with E-state index in [9.17, 15) is 4.79 Å². The fraction of sp³-hybridized carbons (Fsp3) is 0.417. The summed E-state index contributed by atoms with van der Waals surface area (Å²) in [4.78, 5) is 10.9. The van der Waals surface area contributed by atoms with Crippen LogP contribution in [0.15, 0.2) is 18.2 Å². The molecule has 2 N–H and O–H groups in total. The molecule has 0 aromatic heterocycles. The van der Waals surface area contributed by atoms with Gasteiger partial charge < -0.3 is 15.2 Å². The Labute approximate surface area is 94.2 Å². The summed E-state index contributed by atoms with van der Waals surface area (Å²) in [5.74, 6) is -0.147. The van der Waals surface area contributed by atoms with Crippen LogP contribution in [0.25, 0.3) is 0 Å². The number of rotatable bonds is 3. The molecule has 2 rings (SSSR count). The van der Waals surface area contributed by atoms with Crippen molar-refractivity contribution in [3.63, 3.8) is 0 Å². The zero-order chi connectivity index (χ0) is 11.5. The topological polar surface area (TPSA) is 58.6 Å². The van der Waals surface area contributed by atoms with E-state index in [1.807, 2.05) is 0 Å². The number of carboxylic acids is 1. The van der Waals surface area contributed by atoms with Gasteiger partial charge in [-0.25, -0.2) is 4.79 Å². The number of nitrogens with one attached hydrogen (secondary N) is 1. The lowest BCUT2D eigenvalue weighted by Gasteiger charge is -2.15. The lowest BCUT2D eigenvalue weighted by molar-refractivity contribution is 0.0696. The second-order valence-electron chi connectivity index (χ2n) is 3.91. The van der Waals surface area contributed by atoms with Crippen LogP contribution in [0.1, 0.15) is 34.8 Å². The van der Waals surface area contributed by atoms with E-state index in [1.165, 1.54) is 0 Å². The molecule has 0 radical (unpaired) electrons. The van der Waals surface area contributed by atoms with Gasteiger partial charge in [0.15, 0.2) is 0 Å². The molecule has 0 aliphatic carbocycles. The van der Waals surface area contributed by atoms with Gasteiger partial charge in [-0.1, -0.05) is 0 Å². The van der Waals surface area contributed by atoms with Gasteiger partial charge >= 0.3 is 5.97 Å². The Balaban J connectivity index is 2.38. The molecule has 1 heterocycles. The van der Waals surface area contributed by atoms with E-state index in [1.54, 1.807) is 25.3 Å². The monoisotopic (exact) mass is 221 g/mol. The largest absolute Gasteiger partial charge is 0.496 e. The summed E-state index contributed by atoms with van der Waals surface area (Å²) >= 11 is 0. The maximum atomic E-state index is 10.9. The SMILES string of the molecule is COc1ccc(C(=O)O)cc1[C@H]1CCCN1. The summed E-state index contributed by atoms with van der Waals surface area (Å²) in [6.07, 6.45) is 2.14. The average Bonchev–Trinajstić information content (AvgIpc) is 2.81. The molecule has 1 aliphatic heterocycles. The van der Waals surface area contributed by atoms with Crippen LogP contribution in [0.4, 0.5) is 0 Å². The first-order valence-electron chi connectivity index (χ1n) is 5.37. The molecule has 86 valence electrons. The van der Waals surface area contributed by atoms with E-state index >= 15 is 0 Å². The second kappa shape index (κ2) is 4.53. The summed E-state index contributed by atoms with van der Waals surface area (Å²) in [5.41, 5.74) is 1.25. The van der Waals surface area contributed by atoms with Gasteiger partial charge in [0.25, 0.3) is 0 Å². The summed E-state index contributed by atoms with van der Waals surface area (Å²) in [5, 5.41) is 12.3. The summed E-state index contributed by atoms with van der Waals surface area (Å²) in [7, 11) is 1.61. The lowest BCUT2D eigenvalue weighted by Crippen LogP contribution is -2.14. The minimum Gasteiger partial charge on any atom is -0.496 e. The molecule has 4 nitrogen and oxygen atoms in total. The minimum atomic E-state index is -0.901. The minimum absolute atomic E-state index is 0.217. The van der Waals surface area contributed by atoms with Crippen molar-refractivity contribution in [3.8, 4) is 5.75 Å². The van der Waals surface area contributed by atoms with E-state index in [-0.39, 0.29) is 6.04 Å². The van der Waals surface area contributed by atoms with Crippen molar-refractivity contribution in [3.05, 3.63) is 29.3 Å². The molecular weight excluding hydrogens is 206 g/mol. The molecule has 1 aromatic rings. The van der Waals surface area contributed by atoms with Crippen molar-refractivity contribution in [1.82, 2.24) is 5.32 Å². The highest BCUT2D eigenvalue weighted by atomic mass is 16.5.